The van der Waals surface area contributed by atoms with E-state index in [0.717, 1.165) is 16.5 Å². The van der Waals surface area contributed by atoms with Crippen molar-refractivity contribution < 1.29 is 4.79 Å². The molecule has 2 rings (SSSR count). The van der Waals surface area contributed by atoms with E-state index in [2.05, 4.69) is 20.9 Å². The minimum atomic E-state index is -0.371. The molecule has 1 aromatic heterocycles. The van der Waals surface area contributed by atoms with Gasteiger partial charge in [-0.05, 0) is 47.3 Å². The maximum absolute atomic E-state index is 11.7. The quantitative estimate of drug-likeness (QED) is 0.712. The van der Waals surface area contributed by atoms with E-state index < -0.39 is 0 Å². The van der Waals surface area contributed by atoms with Gasteiger partial charge in [-0.1, -0.05) is 0 Å². The second kappa shape index (κ2) is 3.16. The molecule has 0 saturated heterocycles. The molecule has 3 heteroatoms. The molecule has 0 unspecified atom stereocenters. The molecule has 1 aromatic rings. The number of Topliss-reactive ketones (excluding diaryl/α,β-unsaturated/α-hetero) is 1. The fourth-order valence-corrected chi connectivity index (χ4v) is 2.49. The molecular formula is C11H12BrNO. The molecule has 1 aliphatic carbocycles. The Kier molecular flexibility index (Phi) is 2.22. The van der Waals surface area contributed by atoms with Crippen molar-refractivity contribution in [3.05, 3.63) is 28.0 Å². The number of halogens is 1. The number of hydrogen-bond donors (Lipinski definition) is 0. The third-order valence-corrected chi connectivity index (χ3v) is 3.66. The minimum absolute atomic E-state index is 0.310. The molecule has 14 heavy (non-hydrogen) atoms. The number of rotatable bonds is 0. The van der Waals surface area contributed by atoms with E-state index in [1.807, 2.05) is 20.0 Å². The monoisotopic (exact) mass is 253 g/mol. The molecule has 0 aromatic carbocycles. The van der Waals surface area contributed by atoms with E-state index >= 15 is 0 Å². The lowest BCUT2D eigenvalue weighted by molar-refractivity contribution is -0.124. The van der Waals surface area contributed by atoms with Gasteiger partial charge in [0.2, 0.25) is 0 Å². The third-order valence-electron chi connectivity index (χ3n) is 2.98. The van der Waals surface area contributed by atoms with Gasteiger partial charge in [0.25, 0.3) is 0 Å². The molecule has 0 radical (unpaired) electrons. The number of pyridine rings is 1. The van der Waals surface area contributed by atoms with Gasteiger partial charge in [-0.3, -0.25) is 9.78 Å². The lowest BCUT2D eigenvalue weighted by Crippen LogP contribution is -2.34. The first-order valence-corrected chi connectivity index (χ1v) is 5.49. The number of carbonyl (C=O) groups excluding carboxylic acids is 1. The Bertz CT molecular complexity index is 398. The molecule has 0 fully saturated rings. The molecule has 0 spiro atoms. The molecule has 0 atom stereocenters. The fourth-order valence-electron chi connectivity index (χ4n) is 1.96. The second-order valence-corrected chi connectivity index (χ2v) is 5.05. The summed E-state index contributed by atoms with van der Waals surface area (Å²) in [5.74, 6) is 0.310. The highest BCUT2D eigenvalue weighted by atomic mass is 79.9. The summed E-state index contributed by atoms with van der Waals surface area (Å²) in [6, 6.07) is 0. The number of nitrogens with zero attached hydrogens (tertiary/aromatic N) is 1. The molecular weight excluding hydrogens is 242 g/mol. The molecule has 0 amide bonds. The average Bonchev–Trinajstić information content (AvgIpc) is 2.13. The van der Waals surface area contributed by atoms with Gasteiger partial charge in [0, 0.05) is 23.3 Å². The van der Waals surface area contributed by atoms with Gasteiger partial charge in [0.1, 0.15) is 5.78 Å². The molecule has 2 nitrogen and oxygen atoms in total. The topological polar surface area (TPSA) is 30.0 Å². The van der Waals surface area contributed by atoms with Crippen LogP contribution in [0.2, 0.25) is 0 Å². The predicted octanol–water partition coefficient (Wildman–Crippen LogP) is 2.64. The van der Waals surface area contributed by atoms with Gasteiger partial charge < -0.3 is 0 Å². The molecule has 0 N–H and O–H groups in total. The van der Waals surface area contributed by atoms with Crippen molar-refractivity contribution in [2.45, 2.75) is 32.1 Å². The molecule has 0 aliphatic heterocycles. The van der Waals surface area contributed by atoms with Gasteiger partial charge >= 0.3 is 0 Å². The summed E-state index contributed by atoms with van der Waals surface area (Å²) in [7, 11) is 0. The van der Waals surface area contributed by atoms with Crippen LogP contribution in [-0.2, 0) is 16.6 Å². The van der Waals surface area contributed by atoms with Gasteiger partial charge in [0.15, 0.2) is 0 Å². The highest BCUT2D eigenvalue weighted by molar-refractivity contribution is 9.10. The normalized spacial score (nSPS) is 19.2. The van der Waals surface area contributed by atoms with Crippen LogP contribution in [-0.4, -0.2) is 10.8 Å². The highest BCUT2D eigenvalue weighted by Crippen LogP contribution is 2.36. The first-order chi connectivity index (χ1) is 6.53. The summed E-state index contributed by atoms with van der Waals surface area (Å²) in [6.07, 6.45) is 5.09. The maximum Gasteiger partial charge on any atom is 0.143 e. The summed E-state index contributed by atoms with van der Waals surface area (Å²) < 4.78 is 1.02. The van der Waals surface area contributed by atoms with Crippen LogP contribution in [0.1, 0.15) is 31.4 Å². The summed E-state index contributed by atoms with van der Waals surface area (Å²) in [5, 5.41) is 0. The average molecular weight is 254 g/mol. The van der Waals surface area contributed by atoms with Gasteiger partial charge in [-0.2, -0.15) is 0 Å². The predicted molar refractivity (Wildman–Crippen MR) is 58.3 cm³/mol. The van der Waals surface area contributed by atoms with Crippen LogP contribution in [0.5, 0.6) is 0 Å². The van der Waals surface area contributed by atoms with Crippen LogP contribution >= 0.6 is 15.9 Å². The minimum Gasteiger partial charge on any atom is -0.299 e. The van der Waals surface area contributed by atoms with Crippen molar-refractivity contribution in [1.29, 1.82) is 0 Å². The van der Waals surface area contributed by atoms with Crippen LogP contribution in [0.3, 0.4) is 0 Å². The first kappa shape index (κ1) is 9.84. The van der Waals surface area contributed by atoms with Crippen molar-refractivity contribution >= 4 is 21.7 Å². The zero-order valence-electron chi connectivity index (χ0n) is 8.30. The van der Waals surface area contributed by atoms with Crippen LogP contribution in [0.25, 0.3) is 0 Å². The van der Waals surface area contributed by atoms with Gasteiger partial charge in [-0.15, -0.1) is 0 Å². The summed E-state index contributed by atoms with van der Waals surface area (Å²) >= 11 is 3.48. The first-order valence-electron chi connectivity index (χ1n) is 4.69. The number of carbonyl (C=O) groups is 1. The standard InChI is InChI=1S/C11H12BrNO/c1-11(2)8-5-13-6-9(12)7(8)3-4-10(11)14/h5-6H,3-4H2,1-2H3. The Labute approximate surface area is 91.9 Å². The Morgan fingerprint density at radius 3 is 2.79 bits per heavy atom. The number of aromatic nitrogens is 1. The van der Waals surface area contributed by atoms with Crippen molar-refractivity contribution in [3.63, 3.8) is 0 Å². The van der Waals surface area contributed by atoms with Crippen molar-refractivity contribution in [2.75, 3.05) is 0 Å². The SMILES string of the molecule is CC1(C)C(=O)CCc2c(Br)cncc21. The smallest absolute Gasteiger partial charge is 0.143 e. The van der Waals surface area contributed by atoms with Crippen LogP contribution in [0, 0.1) is 0 Å². The molecule has 1 aliphatic rings. The summed E-state index contributed by atoms with van der Waals surface area (Å²) in [5.41, 5.74) is 1.94. The summed E-state index contributed by atoms with van der Waals surface area (Å²) in [4.78, 5) is 15.9. The Morgan fingerprint density at radius 2 is 2.07 bits per heavy atom. The van der Waals surface area contributed by atoms with Crippen molar-refractivity contribution in [3.8, 4) is 0 Å². The number of hydrogen-bond acceptors (Lipinski definition) is 2. The largest absolute Gasteiger partial charge is 0.299 e. The van der Waals surface area contributed by atoms with E-state index in [1.54, 1.807) is 6.20 Å². The Hall–Kier alpha value is -0.700. The second-order valence-electron chi connectivity index (χ2n) is 4.20. The summed E-state index contributed by atoms with van der Waals surface area (Å²) in [6.45, 7) is 3.95. The van der Waals surface area contributed by atoms with Crippen LogP contribution in [0.4, 0.5) is 0 Å². The Morgan fingerprint density at radius 1 is 1.36 bits per heavy atom. The molecule has 0 saturated carbocycles. The van der Waals surface area contributed by atoms with Crippen LogP contribution < -0.4 is 0 Å². The zero-order chi connectivity index (χ0) is 10.3. The van der Waals surface area contributed by atoms with E-state index in [1.165, 1.54) is 5.56 Å². The van der Waals surface area contributed by atoms with E-state index in [0.29, 0.717) is 12.2 Å². The number of fused-ring (bicyclic) bond motifs is 1. The van der Waals surface area contributed by atoms with Crippen molar-refractivity contribution in [2.24, 2.45) is 0 Å². The van der Waals surface area contributed by atoms with E-state index in [-0.39, 0.29) is 5.41 Å². The van der Waals surface area contributed by atoms with E-state index in [4.69, 9.17) is 0 Å². The maximum atomic E-state index is 11.7. The molecule has 1 heterocycles. The third kappa shape index (κ3) is 1.31. The van der Waals surface area contributed by atoms with Crippen molar-refractivity contribution in [1.82, 2.24) is 4.98 Å². The molecule has 74 valence electrons. The lowest BCUT2D eigenvalue weighted by atomic mass is 9.73. The van der Waals surface area contributed by atoms with Gasteiger partial charge in [-0.25, -0.2) is 0 Å². The number of ketones is 1. The van der Waals surface area contributed by atoms with E-state index in [9.17, 15) is 4.79 Å². The van der Waals surface area contributed by atoms with Crippen LogP contribution in [0.15, 0.2) is 16.9 Å². The zero-order valence-corrected chi connectivity index (χ0v) is 9.89. The highest BCUT2D eigenvalue weighted by Gasteiger charge is 2.35. The molecule has 0 bridgehead atoms. The Balaban J connectivity index is 2.64. The fraction of sp³-hybridized carbons (Fsp3) is 0.455. The van der Waals surface area contributed by atoms with Gasteiger partial charge in [0.05, 0.1) is 5.41 Å². The lowest BCUT2D eigenvalue weighted by Gasteiger charge is -2.30.